The summed E-state index contributed by atoms with van der Waals surface area (Å²) in [6.45, 7) is 0.781. The maximum absolute atomic E-state index is 14.0. The number of hydrogen-bond donors (Lipinski definition) is 4. The molecule has 0 spiro atoms. The molecule has 0 saturated heterocycles. The number of fused-ring (bicyclic) bond motifs is 4. The van der Waals surface area contributed by atoms with Crippen molar-refractivity contribution < 1.29 is 34.7 Å². The third-order valence-electron chi connectivity index (χ3n) is 6.35. The second-order valence-electron chi connectivity index (χ2n) is 8.20. The first-order chi connectivity index (χ1) is 16.0. The number of carbonyl (C=O) groups excluding carboxylic acids is 1. The van der Waals surface area contributed by atoms with E-state index in [1.54, 1.807) is 43.3 Å². The van der Waals surface area contributed by atoms with Gasteiger partial charge in [-0.25, -0.2) is 0 Å². The summed E-state index contributed by atoms with van der Waals surface area (Å²) in [6.07, 6.45) is 1.61. The van der Waals surface area contributed by atoms with E-state index >= 15 is 0 Å². The first-order valence-electron chi connectivity index (χ1n) is 10.8. The molecule has 1 heterocycles. The van der Waals surface area contributed by atoms with Crippen LogP contribution >= 0.6 is 0 Å². The molecule has 7 heteroatoms. The van der Waals surface area contributed by atoms with Crippen LogP contribution in [0, 0.1) is 0 Å². The van der Waals surface area contributed by atoms with Gasteiger partial charge in [-0.15, -0.1) is 0 Å². The standard InChI is InChI=1S/C26H24O7/c1-2-32-26-22-17(9-19(13-30)25(26)31)6-15(11-28)7-21(22)33-24-18(12-29)8-16-5-14(10-27)3-4-20(16)23(24)26/h3-9,27-30H,2,10-13H2,1H3. The van der Waals surface area contributed by atoms with Crippen molar-refractivity contribution in [1.82, 2.24) is 0 Å². The molecule has 3 aromatic rings. The van der Waals surface area contributed by atoms with Crippen LogP contribution in [0.2, 0.25) is 0 Å². The summed E-state index contributed by atoms with van der Waals surface area (Å²) >= 11 is 0. The van der Waals surface area contributed by atoms with Gasteiger partial charge in [0.2, 0.25) is 5.78 Å². The van der Waals surface area contributed by atoms with E-state index in [1.165, 1.54) is 0 Å². The molecule has 0 bridgehead atoms. The van der Waals surface area contributed by atoms with Crippen LogP contribution in [-0.4, -0.2) is 39.4 Å². The van der Waals surface area contributed by atoms with E-state index in [4.69, 9.17) is 9.47 Å². The minimum Gasteiger partial charge on any atom is -0.456 e. The molecule has 3 aromatic carbocycles. The summed E-state index contributed by atoms with van der Waals surface area (Å²) in [5.41, 5.74) is 1.91. The lowest BCUT2D eigenvalue weighted by atomic mass is 9.70. The number of hydrogen-bond acceptors (Lipinski definition) is 7. The summed E-state index contributed by atoms with van der Waals surface area (Å²) in [5.74, 6) is 0.279. The predicted octanol–water partition coefficient (Wildman–Crippen LogP) is 2.66. The van der Waals surface area contributed by atoms with Gasteiger partial charge in [-0.1, -0.05) is 12.1 Å². The van der Waals surface area contributed by atoms with Gasteiger partial charge in [0.25, 0.3) is 0 Å². The van der Waals surface area contributed by atoms with Gasteiger partial charge in [0.15, 0.2) is 5.60 Å². The number of aliphatic hydroxyl groups is 4. The van der Waals surface area contributed by atoms with Gasteiger partial charge in [0, 0.05) is 28.9 Å². The van der Waals surface area contributed by atoms with E-state index in [9.17, 15) is 25.2 Å². The topological polar surface area (TPSA) is 116 Å². The Morgan fingerprint density at radius 3 is 2.36 bits per heavy atom. The molecule has 1 atom stereocenters. The van der Waals surface area contributed by atoms with Gasteiger partial charge in [-0.05, 0) is 64.7 Å². The van der Waals surface area contributed by atoms with E-state index in [2.05, 4.69) is 0 Å². The van der Waals surface area contributed by atoms with E-state index < -0.39 is 18.0 Å². The zero-order valence-corrected chi connectivity index (χ0v) is 18.1. The van der Waals surface area contributed by atoms with Crippen molar-refractivity contribution in [2.45, 2.75) is 32.3 Å². The average Bonchev–Trinajstić information content (AvgIpc) is 2.84. The normalized spacial score (nSPS) is 18.6. The fraction of sp³-hybridized carbons (Fsp3) is 0.269. The van der Waals surface area contributed by atoms with E-state index in [-0.39, 0.29) is 32.0 Å². The van der Waals surface area contributed by atoms with Crippen LogP contribution in [0.4, 0.5) is 0 Å². The van der Waals surface area contributed by atoms with Gasteiger partial charge in [-0.3, -0.25) is 4.79 Å². The number of ketones is 1. The minimum atomic E-state index is -1.60. The number of rotatable bonds is 6. The van der Waals surface area contributed by atoms with E-state index in [1.807, 2.05) is 6.07 Å². The highest BCUT2D eigenvalue weighted by Gasteiger charge is 2.54. The molecule has 1 aliphatic carbocycles. The van der Waals surface area contributed by atoms with Crippen molar-refractivity contribution in [3.05, 3.63) is 75.4 Å². The Hall–Kier alpha value is -3.07. The van der Waals surface area contributed by atoms with Crippen molar-refractivity contribution in [2.24, 2.45) is 0 Å². The zero-order chi connectivity index (χ0) is 23.3. The smallest absolute Gasteiger partial charge is 0.202 e. The third-order valence-corrected chi connectivity index (χ3v) is 6.35. The molecular formula is C26H24O7. The monoisotopic (exact) mass is 448 g/mol. The molecule has 2 aliphatic rings. The van der Waals surface area contributed by atoms with Crippen LogP contribution in [-0.2, 0) is 35.0 Å². The van der Waals surface area contributed by atoms with Gasteiger partial charge in [-0.2, -0.15) is 0 Å². The van der Waals surface area contributed by atoms with E-state index in [0.29, 0.717) is 50.3 Å². The van der Waals surface area contributed by atoms with Crippen molar-refractivity contribution in [3.63, 3.8) is 0 Å². The molecule has 0 aromatic heterocycles. The van der Waals surface area contributed by atoms with Crippen LogP contribution in [0.3, 0.4) is 0 Å². The Morgan fingerprint density at radius 1 is 0.909 bits per heavy atom. The van der Waals surface area contributed by atoms with Crippen LogP contribution in [0.1, 0.15) is 40.3 Å². The summed E-state index contributed by atoms with van der Waals surface area (Å²) in [6, 6.07) is 10.6. The first-order valence-corrected chi connectivity index (χ1v) is 10.8. The van der Waals surface area contributed by atoms with Crippen molar-refractivity contribution in [3.8, 4) is 11.5 Å². The maximum Gasteiger partial charge on any atom is 0.202 e. The lowest BCUT2D eigenvalue weighted by molar-refractivity contribution is -0.137. The number of benzene rings is 3. The molecule has 0 fully saturated rings. The van der Waals surface area contributed by atoms with Crippen LogP contribution in [0.25, 0.3) is 16.8 Å². The fourth-order valence-electron chi connectivity index (χ4n) is 5.02. The number of carbonyl (C=O) groups is 1. The highest BCUT2D eigenvalue weighted by molar-refractivity contribution is 6.14. The van der Waals surface area contributed by atoms with Gasteiger partial charge < -0.3 is 29.9 Å². The molecule has 1 aliphatic heterocycles. The van der Waals surface area contributed by atoms with E-state index in [0.717, 1.165) is 5.39 Å². The van der Waals surface area contributed by atoms with Crippen molar-refractivity contribution in [1.29, 1.82) is 0 Å². The van der Waals surface area contributed by atoms with Gasteiger partial charge in [0.05, 0.1) is 26.4 Å². The molecular weight excluding hydrogens is 424 g/mol. The molecule has 4 N–H and O–H groups in total. The lowest BCUT2D eigenvalue weighted by Crippen LogP contribution is -2.46. The zero-order valence-electron chi connectivity index (χ0n) is 18.1. The highest BCUT2D eigenvalue weighted by Crippen LogP contribution is 2.57. The number of ether oxygens (including phenoxy) is 2. The molecule has 0 radical (unpaired) electrons. The Kier molecular flexibility index (Phi) is 5.31. The predicted molar refractivity (Wildman–Crippen MR) is 121 cm³/mol. The Bertz CT molecular complexity index is 1320. The molecule has 33 heavy (non-hydrogen) atoms. The first kappa shape index (κ1) is 21.8. The number of aliphatic hydroxyl groups excluding tert-OH is 4. The van der Waals surface area contributed by atoms with Crippen molar-refractivity contribution in [2.75, 3.05) is 13.2 Å². The second kappa shape index (κ2) is 8.06. The quantitative estimate of drug-likeness (QED) is 0.458. The molecule has 7 nitrogen and oxygen atoms in total. The van der Waals surface area contributed by atoms with Crippen molar-refractivity contribution >= 4 is 22.6 Å². The van der Waals surface area contributed by atoms with Crippen LogP contribution in [0.5, 0.6) is 11.5 Å². The summed E-state index contributed by atoms with van der Waals surface area (Å²) < 4.78 is 12.6. The SMILES string of the molecule is CCOC12C(=O)C(CO)=Cc3cc(CO)cc(c31)Oc1c(CO)cc3cc(CO)ccc3c12. The Morgan fingerprint density at radius 2 is 1.70 bits per heavy atom. The number of Topliss-reactive ketones (excluding diaryl/α,β-unsaturated/α-hetero) is 1. The Balaban J connectivity index is 1.97. The lowest BCUT2D eigenvalue weighted by Gasteiger charge is -2.43. The van der Waals surface area contributed by atoms with Gasteiger partial charge >= 0.3 is 0 Å². The maximum atomic E-state index is 14.0. The molecule has 0 amide bonds. The fourth-order valence-corrected chi connectivity index (χ4v) is 5.02. The molecule has 0 saturated carbocycles. The second-order valence-corrected chi connectivity index (χ2v) is 8.20. The summed E-state index contributed by atoms with van der Waals surface area (Å²) in [4.78, 5) is 14.0. The summed E-state index contributed by atoms with van der Waals surface area (Å²) in [5, 5.41) is 41.0. The molecule has 1 unspecified atom stereocenters. The van der Waals surface area contributed by atoms with Gasteiger partial charge in [0.1, 0.15) is 11.5 Å². The minimum absolute atomic E-state index is 0.151. The molecule has 170 valence electrons. The average molecular weight is 448 g/mol. The summed E-state index contributed by atoms with van der Waals surface area (Å²) in [7, 11) is 0. The van der Waals surface area contributed by atoms with Crippen LogP contribution in [0.15, 0.2) is 42.0 Å². The van der Waals surface area contributed by atoms with Crippen LogP contribution < -0.4 is 4.74 Å². The Labute approximate surface area is 190 Å². The largest absolute Gasteiger partial charge is 0.456 e. The third kappa shape index (κ3) is 2.98. The highest BCUT2D eigenvalue weighted by atomic mass is 16.5. The molecule has 5 rings (SSSR count).